The molecule has 0 radical (unpaired) electrons. The third-order valence-electron chi connectivity index (χ3n) is 6.50. The van der Waals surface area contributed by atoms with Crippen LogP contribution in [0.1, 0.15) is 41.3 Å². The Balaban J connectivity index is 1.48. The number of fused-ring (bicyclic) bond motifs is 1. The van der Waals surface area contributed by atoms with Crippen molar-refractivity contribution in [1.82, 2.24) is 14.5 Å². The van der Waals surface area contributed by atoms with Crippen molar-refractivity contribution >= 4 is 11.9 Å². The maximum Gasteiger partial charge on any atom is 0.174 e. The Morgan fingerprint density at radius 1 is 1.18 bits per heavy atom. The molecule has 0 amide bonds. The van der Waals surface area contributed by atoms with E-state index in [1.807, 2.05) is 29.8 Å². The first-order valence-electron chi connectivity index (χ1n) is 11.6. The van der Waals surface area contributed by atoms with Crippen LogP contribution in [0, 0.1) is 13.8 Å². The summed E-state index contributed by atoms with van der Waals surface area (Å²) in [6.07, 6.45) is 7.45. The number of imidazole rings is 1. The number of hydrogen-bond acceptors (Lipinski definition) is 6. The third-order valence-corrected chi connectivity index (χ3v) is 6.50. The molecule has 2 aromatic carbocycles. The van der Waals surface area contributed by atoms with Crippen LogP contribution in [0.15, 0.2) is 65.7 Å². The fraction of sp³-hybridized carbons (Fsp3) is 0.333. The minimum atomic E-state index is -0.399. The molecule has 1 N–H and O–H groups in total. The van der Waals surface area contributed by atoms with Crippen molar-refractivity contribution in [2.75, 3.05) is 20.3 Å². The smallest absolute Gasteiger partial charge is 0.174 e. The first-order chi connectivity index (χ1) is 16.6. The molecular formula is C27H30N4O3. The summed E-state index contributed by atoms with van der Waals surface area (Å²) in [5.74, 6) is 1.62. The van der Waals surface area contributed by atoms with E-state index in [1.165, 1.54) is 5.56 Å². The fourth-order valence-corrected chi connectivity index (χ4v) is 4.78. The number of rotatable bonds is 5. The molecule has 7 nitrogen and oxygen atoms in total. The van der Waals surface area contributed by atoms with E-state index in [2.05, 4.69) is 58.4 Å². The van der Waals surface area contributed by atoms with E-state index in [0.717, 1.165) is 59.1 Å². The molecule has 0 aliphatic carbocycles. The molecule has 2 aliphatic rings. The van der Waals surface area contributed by atoms with Crippen molar-refractivity contribution in [2.24, 2.45) is 5.16 Å². The minimum Gasteiger partial charge on any atom is -0.495 e. The summed E-state index contributed by atoms with van der Waals surface area (Å²) in [5.41, 5.74) is 6.38. The van der Waals surface area contributed by atoms with Crippen LogP contribution in [0.5, 0.6) is 5.75 Å². The van der Waals surface area contributed by atoms with Gasteiger partial charge in [0.05, 0.1) is 37.5 Å². The Morgan fingerprint density at radius 2 is 2.00 bits per heavy atom. The lowest BCUT2D eigenvalue weighted by Crippen LogP contribution is -2.49. The number of nitrogens with zero attached hydrogens (tertiary/aromatic N) is 4. The standard InChI is InChI=1S/C27H30N4O3/c1-18-6-9-21(10-7-18)26-25(16-32)34-29-27-22(5-4-12-31(26)27)13-20-8-11-23(24(14-20)33-3)30-15-19(2)28-17-30/h6-11,13-15,17,25-26,32H,4-5,12,16H2,1-3H3/b22-13+. The van der Waals surface area contributed by atoms with E-state index in [0.29, 0.717) is 0 Å². The van der Waals surface area contributed by atoms with Gasteiger partial charge in [-0.05, 0) is 61.6 Å². The van der Waals surface area contributed by atoms with E-state index >= 15 is 0 Å². The molecule has 2 unspecified atom stereocenters. The van der Waals surface area contributed by atoms with Crippen molar-refractivity contribution in [1.29, 1.82) is 0 Å². The molecule has 3 aromatic rings. The second-order valence-corrected chi connectivity index (χ2v) is 8.92. The summed E-state index contributed by atoms with van der Waals surface area (Å²) in [6.45, 7) is 4.83. The van der Waals surface area contributed by atoms with Gasteiger partial charge in [-0.1, -0.05) is 41.1 Å². The van der Waals surface area contributed by atoms with Gasteiger partial charge in [-0.3, -0.25) is 0 Å². The average molecular weight is 459 g/mol. The highest BCUT2D eigenvalue weighted by molar-refractivity contribution is 6.03. The Hall–Kier alpha value is -3.58. The van der Waals surface area contributed by atoms with Crippen LogP contribution in [0.3, 0.4) is 0 Å². The second-order valence-electron chi connectivity index (χ2n) is 8.92. The van der Waals surface area contributed by atoms with Crippen LogP contribution in [0.25, 0.3) is 11.8 Å². The normalized spacial score (nSPS) is 21.1. The molecule has 0 saturated carbocycles. The molecule has 0 bridgehead atoms. The summed E-state index contributed by atoms with van der Waals surface area (Å²) in [7, 11) is 1.68. The van der Waals surface area contributed by atoms with E-state index in [1.54, 1.807) is 13.4 Å². The van der Waals surface area contributed by atoms with Crippen LogP contribution in [0.2, 0.25) is 0 Å². The SMILES string of the molecule is COc1cc(/C=C2\CCCN3C2=NOC(CO)C3c2ccc(C)cc2)ccc1-n1cnc(C)c1. The predicted molar refractivity (Wildman–Crippen MR) is 132 cm³/mol. The summed E-state index contributed by atoms with van der Waals surface area (Å²) in [6, 6.07) is 14.5. The van der Waals surface area contributed by atoms with Gasteiger partial charge in [0.25, 0.3) is 0 Å². The van der Waals surface area contributed by atoms with E-state index in [9.17, 15) is 5.11 Å². The number of aliphatic hydroxyl groups is 1. The first-order valence-corrected chi connectivity index (χ1v) is 11.6. The van der Waals surface area contributed by atoms with Crippen molar-refractivity contribution in [3.63, 3.8) is 0 Å². The molecular weight excluding hydrogens is 428 g/mol. The van der Waals surface area contributed by atoms with Gasteiger partial charge in [0.1, 0.15) is 5.75 Å². The Morgan fingerprint density at radius 3 is 2.71 bits per heavy atom. The van der Waals surface area contributed by atoms with Crippen LogP contribution in [-0.4, -0.2) is 51.8 Å². The highest BCUT2D eigenvalue weighted by Gasteiger charge is 2.39. The number of aromatic nitrogens is 2. The van der Waals surface area contributed by atoms with Crippen LogP contribution in [0.4, 0.5) is 0 Å². The number of aliphatic hydroxyl groups excluding tert-OH is 1. The van der Waals surface area contributed by atoms with Crippen molar-refractivity contribution in [3.8, 4) is 11.4 Å². The van der Waals surface area contributed by atoms with Gasteiger partial charge in [0.15, 0.2) is 11.9 Å². The van der Waals surface area contributed by atoms with Crippen molar-refractivity contribution < 1.29 is 14.7 Å². The molecule has 34 heavy (non-hydrogen) atoms. The lowest BCUT2D eigenvalue weighted by molar-refractivity contribution is -0.0496. The van der Waals surface area contributed by atoms with E-state index in [-0.39, 0.29) is 12.6 Å². The predicted octanol–water partition coefficient (Wildman–Crippen LogP) is 4.42. The zero-order chi connectivity index (χ0) is 23.7. The van der Waals surface area contributed by atoms with Crippen molar-refractivity contribution in [2.45, 2.75) is 38.8 Å². The van der Waals surface area contributed by atoms with Gasteiger partial charge in [-0.15, -0.1) is 0 Å². The van der Waals surface area contributed by atoms with E-state index < -0.39 is 6.10 Å². The highest BCUT2D eigenvalue weighted by atomic mass is 16.6. The Labute approximate surface area is 199 Å². The lowest BCUT2D eigenvalue weighted by atomic mass is 9.92. The minimum absolute atomic E-state index is 0.0804. The summed E-state index contributed by atoms with van der Waals surface area (Å²) in [5, 5.41) is 14.4. The summed E-state index contributed by atoms with van der Waals surface area (Å²) >= 11 is 0. The van der Waals surface area contributed by atoms with E-state index in [4.69, 9.17) is 9.57 Å². The van der Waals surface area contributed by atoms with Gasteiger partial charge in [-0.2, -0.15) is 0 Å². The molecule has 5 rings (SSSR count). The highest BCUT2D eigenvalue weighted by Crippen LogP contribution is 2.36. The second kappa shape index (κ2) is 9.35. The first kappa shape index (κ1) is 22.2. The van der Waals surface area contributed by atoms with Gasteiger partial charge < -0.3 is 24.1 Å². The third kappa shape index (κ3) is 4.19. The zero-order valence-corrected chi connectivity index (χ0v) is 19.8. The lowest BCUT2D eigenvalue weighted by Gasteiger charge is -2.43. The summed E-state index contributed by atoms with van der Waals surface area (Å²) in [4.78, 5) is 12.4. The number of piperidine rings is 1. The van der Waals surface area contributed by atoms with Gasteiger partial charge in [-0.25, -0.2) is 4.98 Å². The Bertz CT molecular complexity index is 1230. The molecule has 3 heterocycles. The molecule has 7 heteroatoms. The quantitative estimate of drug-likeness (QED) is 0.613. The molecule has 2 atom stereocenters. The van der Waals surface area contributed by atoms with Crippen LogP contribution < -0.4 is 4.74 Å². The molecule has 176 valence electrons. The maximum absolute atomic E-state index is 9.99. The molecule has 0 spiro atoms. The van der Waals surface area contributed by atoms with Gasteiger partial charge >= 0.3 is 0 Å². The summed E-state index contributed by atoms with van der Waals surface area (Å²) < 4.78 is 7.65. The zero-order valence-electron chi connectivity index (χ0n) is 19.8. The number of benzene rings is 2. The average Bonchev–Trinajstić information content (AvgIpc) is 3.30. The monoisotopic (exact) mass is 458 g/mol. The number of ether oxygens (including phenoxy) is 1. The number of oxime groups is 1. The molecule has 2 aliphatic heterocycles. The number of methoxy groups -OCH3 is 1. The molecule has 1 aromatic heterocycles. The largest absolute Gasteiger partial charge is 0.495 e. The number of amidine groups is 1. The van der Waals surface area contributed by atoms with Crippen LogP contribution in [-0.2, 0) is 4.84 Å². The van der Waals surface area contributed by atoms with Crippen LogP contribution >= 0.6 is 0 Å². The van der Waals surface area contributed by atoms with Crippen molar-refractivity contribution in [3.05, 3.63) is 82.9 Å². The Kier molecular flexibility index (Phi) is 6.11. The fourth-order valence-electron chi connectivity index (χ4n) is 4.78. The number of hydrogen-bond donors (Lipinski definition) is 1. The topological polar surface area (TPSA) is 72.1 Å². The maximum atomic E-state index is 9.99. The molecule has 1 saturated heterocycles. The van der Waals surface area contributed by atoms with Gasteiger partial charge in [0.2, 0.25) is 0 Å². The number of aryl methyl sites for hydroxylation is 2. The van der Waals surface area contributed by atoms with Gasteiger partial charge in [0, 0.05) is 12.7 Å². The molecule has 1 fully saturated rings.